The molecule has 0 radical (unpaired) electrons. The van der Waals surface area contributed by atoms with Gasteiger partial charge in [-0.3, -0.25) is 0 Å². The predicted octanol–water partition coefficient (Wildman–Crippen LogP) is 4.31. The zero-order chi connectivity index (χ0) is 15.5. The maximum absolute atomic E-state index is 12.1. The molecular weight excluding hydrogens is 279 g/mol. The zero-order valence-corrected chi connectivity index (χ0v) is 11.8. The van der Waals surface area contributed by atoms with Gasteiger partial charge in [-0.15, -0.1) is 13.2 Å². The Bertz CT molecular complexity index is 574. The SMILES string of the molecule is CN(C)Cc1ccc(-c2ccc(OC(F)(F)F)cc2)cc1. The summed E-state index contributed by atoms with van der Waals surface area (Å²) in [4.78, 5) is 2.07. The van der Waals surface area contributed by atoms with Gasteiger partial charge in [0.25, 0.3) is 0 Å². The highest BCUT2D eigenvalue weighted by Gasteiger charge is 2.30. The van der Waals surface area contributed by atoms with Crippen LogP contribution in [-0.4, -0.2) is 25.4 Å². The standard InChI is InChI=1S/C16H16F3NO/c1-20(2)11-12-3-5-13(6-4-12)14-7-9-15(10-8-14)21-16(17,18)19/h3-10H,11H2,1-2H3. The Morgan fingerprint density at radius 3 is 1.76 bits per heavy atom. The van der Waals surface area contributed by atoms with Crippen molar-refractivity contribution in [2.45, 2.75) is 12.9 Å². The lowest BCUT2D eigenvalue weighted by molar-refractivity contribution is -0.274. The number of alkyl halides is 3. The highest BCUT2D eigenvalue weighted by Crippen LogP contribution is 2.26. The summed E-state index contributed by atoms with van der Waals surface area (Å²) >= 11 is 0. The van der Waals surface area contributed by atoms with E-state index in [1.807, 2.05) is 38.4 Å². The third-order valence-corrected chi connectivity index (χ3v) is 2.87. The van der Waals surface area contributed by atoms with E-state index >= 15 is 0 Å². The summed E-state index contributed by atoms with van der Waals surface area (Å²) in [5.74, 6) is -0.213. The van der Waals surface area contributed by atoms with Gasteiger partial charge in [0.15, 0.2) is 0 Å². The van der Waals surface area contributed by atoms with Gasteiger partial charge in [0, 0.05) is 6.54 Å². The normalized spacial score (nSPS) is 11.7. The van der Waals surface area contributed by atoms with E-state index in [4.69, 9.17) is 0 Å². The minimum Gasteiger partial charge on any atom is -0.406 e. The lowest BCUT2D eigenvalue weighted by atomic mass is 10.0. The van der Waals surface area contributed by atoms with Crippen LogP contribution < -0.4 is 4.74 Å². The molecule has 0 aromatic heterocycles. The molecule has 2 aromatic carbocycles. The second kappa shape index (κ2) is 6.18. The van der Waals surface area contributed by atoms with E-state index in [0.717, 1.165) is 17.7 Å². The Morgan fingerprint density at radius 1 is 0.857 bits per heavy atom. The van der Waals surface area contributed by atoms with Crippen molar-refractivity contribution in [3.8, 4) is 16.9 Å². The molecule has 0 aliphatic carbocycles. The number of benzene rings is 2. The van der Waals surface area contributed by atoms with E-state index in [1.54, 1.807) is 12.1 Å². The van der Waals surface area contributed by atoms with Crippen LogP contribution >= 0.6 is 0 Å². The molecule has 0 atom stereocenters. The van der Waals surface area contributed by atoms with Crippen LogP contribution in [0.5, 0.6) is 5.75 Å². The van der Waals surface area contributed by atoms with Gasteiger partial charge in [-0.2, -0.15) is 0 Å². The van der Waals surface area contributed by atoms with Gasteiger partial charge in [0.2, 0.25) is 0 Å². The number of nitrogens with zero attached hydrogens (tertiary/aromatic N) is 1. The van der Waals surface area contributed by atoms with Crippen LogP contribution in [0, 0.1) is 0 Å². The van der Waals surface area contributed by atoms with Gasteiger partial charge >= 0.3 is 6.36 Å². The van der Waals surface area contributed by atoms with Crippen molar-refractivity contribution in [1.29, 1.82) is 0 Å². The molecule has 0 aliphatic heterocycles. The zero-order valence-electron chi connectivity index (χ0n) is 11.8. The molecule has 112 valence electrons. The van der Waals surface area contributed by atoms with Crippen LogP contribution in [0.1, 0.15) is 5.56 Å². The van der Waals surface area contributed by atoms with E-state index in [0.29, 0.717) is 0 Å². The molecule has 0 N–H and O–H groups in total. The first-order valence-electron chi connectivity index (χ1n) is 6.43. The highest BCUT2D eigenvalue weighted by atomic mass is 19.4. The van der Waals surface area contributed by atoms with E-state index in [2.05, 4.69) is 9.64 Å². The Balaban J connectivity index is 2.11. The second-order valence-electron chi connectivity index (χ2n) is 5.01. The molecule has 0 amide bonds. The fourth-order valence-electron chi connectivity index (χ4n) is 2.02. The molecule has 2 nitrogen and oxygen atoms in total. The van der Waals surface area contributed by atoms with Crippen LogP contribution in [-0.2, 0) is 6.54 Å². The van der Waals surface area contributed by atoms with E-state index in [9.17, 15) is 13.2 Å². The van der Waals surface area contributed by atoms with Gasteiger partial charge in [0.05, 0.1) is 0 Å². The topological polar surface area (TPSA) is 12.5 Å². The third-order valence-electron chi connectivity index (χ3n) is 2.87. The Hall–Kier alpha value is -2.01. The van der Waals surface area contributed by atoms with Crippen molar-refractivity contribution in [3.63, 3.8) is 0 Å². The number of halogens is 3. The Morgan fingerprint density at radius 2 is 1.33 bits per heavy atom. The maximum atomic E-state index is 12.1. The second-order valence-corrected chi connectivity index (χ2v) is 5.01. The largest absolute Gasteiger partial charge is 0.573 e. The highest BCUT2D eigenvalue weighted by molar-refractivity contribution is 5.64. The van der Waals surface area contributed by atoms with Crippen LogP contribution in [0.4, 0.5) is 13.2 Å². The van der Waals surface area contributed by atoms with Gasteiger partial charge in [-0.1, -0.05) is 36.4 Å². The van der Waals surface area contributed by atoms with E-state index < -0.39 is 6.36 Å². The predicted molar refractivity (Wildman–Crippen MR) is 76.0 cm³/mol. The maximum Gasteiger partial charge on any atom is 0.573 e. The fraction of sp³-hybridized carbons (Fsp3) is 0.250. The molecule has 0 heterocycles. The summed E-state index contributed by atoms with van der Waals surface area (Å²) < 4.78 is 40.1. The molecule has 21 heavy (non-hydrogen) atoms. The quantitative estimate of drug-likeness (QED) is 0.833. The number of ether oxygens (including phenoxy) is 1. The van der Waals surface area contributed by atoms with E-state index in [1.165, 1.54) is 17.7 Å². The van der Waals surface area contributed by atoms with Crippen molar-refractivity contribution < 1.29 is 17.9 Å². The van der Waals surface area contributed by atoms with Crippen molar-refractivity contribution in [2.24, 2.45) is 0 Å². The van der Waals surface area contributed by atoms with Crippen LogP contribution in [0.3, 0.4) is 0 Å². The van der Waals surface area contributed by atoms with Crippen molar-refractivity contribution in [3.05, 3.63) is 54.1 Å². The molecule has 2 rings (SSSR count). The molecule has 5 heteroatoms. The Labute approximate surface area is 121 Å². The minimum absolute atomic E-state index is 0.213. The van der Waals surface area contributed by atoms with Crippen molar-refractivity contribution in [1.82, 2.24) is 4.90 Å². The molecule has 0 aliphatic rings. The molecule has 0 unspecified atom stereocenters. The summed E-state index contributed by atoms with van der Waals surface area (Å²) in [6.45, 7) is 0.846. The molecule has 0 fully saturated rings. The lowest BCUT2D eigenvalue weighted by Gasteiger charge is -2.11. The summed E-state index contributed by atoms with van der Waals surface area (Å²) in [5.41, 5.74) is 2.98. The molecular formula is C16H16F3NO. The van der Waals surface area contributed by atoms with Gasteiger partial charge < -0.3 is 9.64 Å². The van der Waals surface area contributed by atoms with Crippen LogP contribution in [0.2, 0.25) is 0 Å². The first-order valence-corrected chi connectivity index (χ1v) is 6.43. The minimum atomic E-state index is -4.66. The fourth-order valence-corrected chi connectivity index (χ4v) is 2.02. The first kappa shape index (κ1) is 15.4. The smallest absolute Gasteiger partial charge is 0.406 e. The Kier molecular flexibility index (Phi) is 4.53. The molecule has 0 spiro atoms. The van der Waals surface area contributed by atoms with Crippen LogP contribution in [0.15, 0.2) is 48.5 Å². The summed E-state index contributed by atoms with van der Waals surface area (Å²) in [7, 11) is 3.99. The number of hydrogen-bond acceptors (Lipinski definition) is 2. The van der Waals surface area contributed by atoms with Crippen LogP contribution in [0.25, 0.3) is 11.1 Å². The third kappa shape index (κ3) is 4.79. The average molecular weight is 295 g/mol. The van der Waals surface area contributed by atoms with E-state index in [-0.39, 0.29) is 5.75 Å². The van der Waals surface area contributed by atoms with Crippen molar-refractivity contribution >= 4 is 0 Å². The average Bonchev–Trinajstić information content (AvgIpc) is 2.38. The van der Waals surface area contributed by atoms with Gasteiger partial charge in [0.1, 0.15) is 5.75 Å². The van der Waals surface area contributed by atoms with Gasteiger partial charge in [-0.25, -0.2) is 0 Å². The first-order chi connectivity index (χ1) is 9.83. The summed E-state index contributed by atoms with van der Waals surface area (Å²) in [6, 6.07) is 13.8. The lowest BCUT2D eigenvalue weighted by Crippen LogP contribution is -2.16. The summed E-state index contributed by atoms with van der Waals surface area (Å²) in [6.07, 6.45) is -4.66. The molecule has 0 saturated carbocycles. The monoisotopic (exact) mass is 295 g/mol. The van der Waals surface area contributed by atoms with Crippen molar-refractivity contribution in [2.75, 3.05) is 14.1 Å². The molecule has 2 aromatic rings. The number of hydrogen-bond donors (Lipinski definition) is 0. The molecule has 0 bridgehead atoms. The summed E-state index contributed by atoms with van der Waals surface area (Å²) in [5, 5.41) is 0. The molecule has 0 saturated heterocycles. The van der Waals surface area contributed by atoms with Gasteiger partial charge in [-0.05, 0) is 42.9 Å². The number of rotatable bonds is 4.